The fourth-order valence-corrected chi connectivity index (χ4v) is 4.77. The highest BCUT2D eigenvalue weighted by Gasteiger charge is 2.19. The third-order valence-electron chi connectivity index (χ3n) is 6.45. The van der Waals surface area contributed by atoms with Crippen molar-refractivity contribution < 1.29 is 9.52 Å². The Morgan fingerprint density at radius 1 is 0.838 bits per heavy atom. The average molecular weight is 486 g/mol. The molecule has 0 atom stereocenters. The summed E-state index contributed by atoms with van der Waals surface area (Å²) in [7, 11) is 0. The van der Waals surface area contributed by atoms with E-state index < -0.39 is 0 Å². The van der Waals surface area contributed by atoms with Crippen molar-refractivity contribution in [3.63, 3.8) is 0 Å². The first-order chi connectivity index (χ1) is 18.1. The number of furan rings is 1. The maximum atomic E-state index is 10.7. The van der Waals surface area contributed by atoms with E-state index in [0.29, 0.717) is 22.8 Å². The molecule has 0 fully saturated rings. The molecule has 0 saturated heterocycles. The van der Waals surface area contributed by atoms with Crippen molar-refractivity contribution in [3.05, 3.63) is 103 Å². The van der Waals surface area contributed by atoms with Gasteiger partial charge in [0.15, 0.2) is 5.58 Å². The molecule has 37 heavy (non-hydrogen) atoms. The third kappa shape index (κ3) is 4.29. The number of fused-ring (bicyclic) bond motifs is 3. The molecule has 0 spiro atoms. The van der Waals surface area contributed by atoms with Gasteiger partial charge in [0.1, 0.15) is 22.8 Å². The number of aromatic nitrogens is 2. The van der Waals surface area contributed by atoms with Crippen molar-refractivity contribution in [2.24, 2.45) is 5.92 Å². The average Bonchev–Trinajstić information content (AvgIpc) is 3.31. The summed E-state index contributed by atoms with van der Waals surface area (Å²) in [4.78, 5) is 11.9. The van der Waals surface area contributed by atoms with Gasteiger partial charge in [0.25, 0.3) is 0 Å². The lowest BCUT2D eigenvalue weighted by Crippen LogP contribution is -2.23. The number of benzene rings is 3. The topological polar surface area (TPSA) is 62.4 Å². The zero-order valence-corrected chi connectivity index (χ0v) is 20.8. The molecule has 0 bridgehead atoms. The molecule has 0 amide bonds. The first kappa shape index (κ1) is 22.8. The van der Waals surface area contributed by atoms with Crippen LogP contribution in [0.2, 0.25) is 0 Å². The van der Waals surface area contributed by atoms with Crippen LogP contribution in [0.5, 0.6) is 5.75 Å². The Hall–Kier alpha value is -4.64. The predicted molar refractivity (Wildman–Crippen MR) is 150 cm³/mol. The standard InChI is InChI=1S/C32H27N3O2/c1-21(2)20-35(30-16-7-8-17-33-30)23-11-9-10-22(18-23)27-19-26-24-12-4-6-15-29(24)37-32(26)31(34-27)25-13-3-5-14-28(25)36/h3-19,21,36H,20H2,1-2H3. The minimum Gasteiger partial charge on any atom is -0.507 e. The fourth-order valence-electron chi connectivity index (χ4n) is 4.77. The monoisotopic (exact) mass is 485 g/mol. The van der Waals surface area contributed by atoms with Gasteiger partial charge in [0.05, 0.1) is 5.69 Å². The molecule has 5 heteroatoms. The van der Waals surface area contributed by atoms with Crippen LogP contribution in [0, 0.1) is 5.92 Å². The van der Waals surface area contributed by atoms with Crippen LogP contribution in [0.3, 0.4) is 0 Å². The van der Waals surface area contributed by atoms with Crippen LogP contribution >= 0.6 is 0 Å². The molecule has 0 aliphatic carbocycles. The van der Waals surface area contributed by atoms with Gasteiger partial charge in [0.2, 0.25) is 0 Å². The zero-order chi connectivity index (χ0) is 25.4. The van der Waals surface area contributed by atoms with Gasteiger partial charge >= 0.3 is 0 Å². The maximum absolute atomic E-state index is 10.7. The molecule has 0 aliphatic heterocycles. The largest absolute Gasteiger partial charge is 0.507 e. The SMILES string of the molecule is CC(C)CN(c1cccc(-c2cc3c(oc4ccccc43)c(-c3ccccc3O)n2)c1)c1ccccn1. The molecule has 0 saturated carbocycles. The van der Waals surface area contributed by atoms with Crippen LogP contribution in [0.4, 0.5) is 11.5 Å². The molecule has 0 radical (unpaired) electrons. The molecular formula is C32H27N3O2. The van der Waals surface area contributed by atoms with Crippen LogP contribution in [0.15, 0.2) is 108 Å². The van der Waals surface area contributed by atoms with E-state index in [4.69, 9.17) is 9.40 Å². The van der Waals surface area contributed by atoms with Crippen molar-refractivity contribution in [2.75, 3.05) is 11.4 Å². The summed E-state index contributed by atoms with van der Waals surface area (Å²) < 4.78 is 6.26. The number of anilines is 2. The number of phenols is 1. The van der Waals surface area contributed by atoms with Gasteiger partial charge in [-0.1, -0.05) is 62.4 Å². The molecule has 182 valence electrons. The number of phenolic OH excluding ortho intramolecular Hbond substituents is 1. The fraction of sp³-hybridized carbons (Fsp3) is 0.125. The van der Waals surface area contributed by atoms with E-state index in [9.17, 15) is 5.11 Å². The van der Waals surface area contributed by atoms with Gasteiger partial charge in [-0.15, -0.1) is 0 Å². The van der Waals surface area contributed by atoms with Crippen molar-refractivity contribution in [3.8, 4) is 28.3 Å². The van der Waals surface area contributed by atoms with Gasteiger partial charge in [0, 0.05) is 40.3 Å². The van der Waals surface area contributed by atoms with E-state index in [2.05, 4.69) is 60.1 Å². The summed E-state index contributed by atoms with van der Waals surface area (Å²) in [5.41, 5.74) is 5.55. The summed E-state index contributed by atoms with van der Waals surface area (Å²) in [6, 6.07) is 31.7. The van der Waals surface area contributed by atoms with Crippen molar-refractivity contribution >= 4 is 33.4 Å². The van der Waals surface area contributed by atoms with E-state index in [0.717, 1.165) is 45.7 Å². The smallest absolute Gasteiger partial charge is 0.161 e. The van der Waals surface area contributed by atoms with Gasteiger partial charge in [-0.05, 0) is 54.4 Å². The molecule has 3 aromatic carbocycles. The minimum absolute atomic E-state index is 0.168. The van der Waals surface area contributed by atoms with Crippen LogP contribution in [0.1, 0.15) is 13.8 Å². The van der Waals surface area contributed by atoms with Gasteiger partial charge < -0.3 is 14.4 Å². The number of hydrogen-bond donors (Lipinski definition) is 1. The molecule has 1 N–H and O–H groups in total. The third-order valence-corrected chi connectivity index (χ3v) is 6.45. The van der Waals surface area contributed by atoms with E-state index >= 15 is 0 Å². The predicted octanol–water partition coefficient (Wildman–Crippen LogP) is 8.21. The Kier molecular flexibility index (Phi) is 5.81. The first-order valence-electron chi connectivity index (χ1n) is 12.5. The molecule has 5 nitrogen and oxygen atoms in total. The van der Waals surface area contributed by atoms with Crippen LogP contribution in [0.25, 0.3) is 44.5 Å². The van der Waals surface area contributed by atoms with Crippen LogP contribution in [-0.4, -0.2) is 21.6 Å². The van der Waals surface area contributed by atoms with E-state index in [1.54, 1.807) is 6.07 Å². The Morgan fingerprint density at radius 2 is 1.65 bits per heavy atom. The number of hydrogen-bond acceptors (Lipinski definition) is 5. The Balaban J connectivity index is 1.56. The summed E-state index contributed by atoms with van der Waals surface area (Å²) in [5, 5.41) is 12.7. The lowest BCUT2D eigenvalue weighted by molar-refractivity contribution is 0.477. The molecular weight excluding hydrogens is 458 g/mol. The maximum Gasteiger partial charge on any atom is 0.161 e. The van der Waals surface area contributed by atoms with Gasteiger partial charge in [-0.3, -0.25) is 0 Å². The number of aromatic hydroxyl groups is 1. The number of rotatable bonds is 6. The second-order valence-electron chi connectivity index (χ2n) is 9.59. The molecule has 0 aliphatic rings. The van der Waals surface area contributed by atoms with E-state index in [1.807, 2.05) is 60.8 Å². The minimum atomic E-state index is 0.168. The van der Waals surface area contributed by atoms with Crippen molar-refractivity contribution in [2.45, 2.75) is 13.8 Å². The summed E-state index contributed by atoms with van der Waals surface area (Å²) in [6.45, 7) is 5.25. The lowest BCUT2D eigenvalue weighted by Gasteiger charge is -2.26. The highest BCUT2D eigenvalue weighted by molar-refractivity contribution is 6.10. The van der Waals surface area contributed by atoms with Gasteiger partial charge in [-0.2, -0.15) is 0 Å². The molecule has 6 rings (SSSR count). The summed E-state index contributed by atoms with van der Waals surface area (Å²) >= 11 is 0. The van der Waals surface area contributed by atoms with Crippen LogP contribution < -0.4 is 4.90 Å². The Labute approximate surface area is 215 Å². The highest BCUT2D eigenvalue weighted by atomic mass is 16.3. The van der Waals surface area contributed by atoms with Crippen molar-refractivity contribution in [1.29, 1.82) is 0 Å². The number of para-hydroxylation sites is 2. The normalized spacial score (nSPS) is 11.4. The van der Waals surface area contributed by atoms with Crippen LogP contribution in [-0.2, 0) is 0 Å². The number of pyridine rings is 2. The highest BCUT2D eigenvalue weighted by Crippen LogP contribution is 2.40. The second-order valence-corrected chi connectivity index (χ2v) is 9.59. The van der Waals surface area contributed by atoms with Crippen molar-refractivity contribution in [1.82, 2.24) is 9.97 Å². The Morgan fingerprint density at radius 3 is 2.46 bits per heavy atom. The molecule has 0 unspecified atom stereocenters. The molecule has 6 aromatic rings. The van der Waals surface area contributed by atoms with Gasteiger partial charge in [-0.25, -0.2) is 9.97 Å². The lowest BCUT2D eigenvalue weighted by atomic mass is 10.0. The quantitative estimate of drug-likeness (QED) is 0.257. The number of nitrogens with zero attached hydrogens (tertiary/aromatic N) is 3. The molecule has 3 aromatic heterocycles. The van der Waals surface area contributed by atoms with E-state index in [1.165, 1.54) is 0 Å². The summed E-state index contributed by atoms with van der Waals surface area (Å²) in [5.74, 6) is 1.53. The summed E-state index contributed by atoms with van der Waals surface area (Å²) in [6.07, 6.45) is 1.82. The van der Waals surface area contributed by atoms with E-state index in [-0.39, 0.29) is 5.75 Å². The first-order valence-corrected chi connectivity index (χ1v) is 12.5. The Bertz CT molecular complexity index is 1710. The molecule has 3 heterocycles. The second kappa shape index (κ2) is 9.43. The zero-order valence-electron chi connectivity index (χ0n) is 20.8.